The van der Waals surface area contributed by atoms with Crippen LogP contribution in [0.4, 0.5) is 0 Å². The lowest BCUT2D eigenvalue weighted by molar-refractivity contribution is 1.15. The van der Waals surface area contributed by atoms with Crippen molar-refractivity contribution in [2.24, 2.45) is 0 Å². The summed E-state index contributed by atoms with van der Waals surface area (Å²) in [5, 5.41) is 0. The third-order valence-corrected chi connectivity index (χ3v) is 4.51. The molecule has 0 unspecified atom stereocenters. The van der Waals surface area contributed by atoms with Gasteiger partial charge in [-0.2, -0.15) is 0 Å². The van der Waals surface area contributed by atoms with Crippen LogP contribution >= 0.6 is 0 Å². The summed E-state index contributed by atoms with van der Waals surface area (Å²) in [6.45, 7) is 0. The molecule has 0 atom stereocenters. The molecule has 5 aromatic heterocycles. The van der Waals surface area contributed by atoms with E-state index in [1.54, 1.807) is 24.8 Å². The normalized spacial score (nSPS) is 10.7. The van der Waals surface area contributed by atoms with Gasteiger partial charge in [-0.05, 0) is 48.5 Å². The summed E-state index contributed by atoms with van der Waals surface area (Å²) in [6, 6.07) is 23.1. The van der Waals surface area contributed by atoms with Crippen LogP contribution in [0.2, 0.25) is 0 Å². The number of rotatable bonds is 4. The molecular formula is C24H16N6. The molecule has 0 aliphatic carbocycles. The molecule has 30 heavy (non-hydrogen) atoms. The van der Waals surface area contributed by atoms with E-state index in [-0.39, 0.29) is 0 Å². The van der Waals surface area contributed by atoms with E-state index in [0.717, 1.165) is 34.2 Å². The minimum Gasteiger partial charge on any atom is -0.260 e. The van der Waals surface area contributed by atoms with Crippen molar-refractivity contribution in [1.82, 2.24) is 29.9 Å². The van der Waals surface area contributed by atoms with Crippen molar-refractivity contribution < 1.29 is 0 Å². The lowest BCUT2D eigenvalue weighted by Crippen LogP contribution is -1.96. The summed E-state index contributed by atoms with van der Waals surface area (Å²) in [6.07, 6.45) is 6.92. The summed E-state index contributed by atoms with van der Waals surface area (Å²) in [5.41, 5.74) is 6.01. The van der Waals surface area contributed by atoms with Gasteiger partial charge in [0.15, 0.2) is 0 Å². The Balaban J connectivity index is 1.52. The minimum atomic E-state index is 0.676. The molecule has 5 heterocycles. The maximum Gasteiger partial charge on any atom is 0.108 e. The molecule has 0 fully saturated rings. The number of nitrogens with zero attached hydrogens (tertiary/aromatic N) is 6. The second-order valence-electron chi connectivity index (χ2n) is 6.54. The molecule has 5 rings (SSSR count). The largest absolute Gasteiger partial charge is 0.260 e. The van der Waals surface area contributed by atoms with Crippen LogP contribution in [0.1, 0.15) is 0 Å². The maximum absolute atomic E-state index is 4.75. The van der Waals surface area contributed by atoms with Gasteiger partial charge < -0.3 is 0 Å². The molecule has 6 nitrogen and oxygen atoms in total. The Morgan fingerprint density at radius 1 is 0.367 bits per heavy atom. The zero-order valence-corrected chi connectivity index (χ0v) is 15.9. The van der Waals surface area contributed by atoms with E-state index in [4.69, 9.17) is 15.0 Å². The van der Waals surface area contributed by atoms with Gasteiger partial charge in [0, 0.05) is 12.4 Å². The fourth-order valence-electron chi connectivity index (χ4n) is 3.08. The topological polar surface area (TPSA) is 77.3 Å². The van der Waals surface area contributed by atoms with E-state index < -0.39 is 0 Å². The molecule has 5 aromatic rings. The quantitative estimate of drug-likeness (QED) is 0.443. The number of hydrogen-bond donors (Lipinski definition) is 0. The zero-order valence-electron chi connectivity index (χ0n) is 15.9. The highest BCUT2D eigenvalue weighted by molar-refractivity contribution is 5.65. The van der Waals surface area contributed by atoms with Crippen LogP contribution in [0, 0.1) is 0 Å². The van der Waals surface area contributed by atoms with Gasteiger partial charge in [0.2, 0.25) is 0 Å². The van der Waals surface area contributed by atoms with Gasteiger partial charge in [0.25, 0.3) is 0 Å². The lowest BCUT2D eigenvalue weighted by atomic mass is 10.2. The van der Waals surface area contributed by atoms with E-state index in [2.05, 4.69) is 15.0 Å². The van der Waals surface area contributed by atoms with Gasteiger partial charge in [0.05, 0.1) is 46.6 Å². The third-order valence-electron chi connectivity index (χ3n) is 4.51. The van der Waals surface area contributed by atoms with Crippen molar-refractivity contribution >= 4 is 0 Å². The van der Waals surface area contributed by atoms with Crippen molar-refractivity contribution in [2.75, 3.05) is 0 Å². The number of pyridine rings is 4. The molecule has 0 N–H and O–H groups in total. The predicted molar refractivity (Wildman–Crippen MR) is 115 cm³/mol. The molecule has 142 valence electrons. The van der Waals surface area contributed by atoms with E-state index in [0.29, 0.717) is 11.4 Å². The van der Waals surface area contributed by atoms with Crippen molar-refractivity contribution in [3.8, 4) is 45.6 Å². The number of aromatic nitrogens is 6. The molecule has 0 aliphatic rings. The van der Waals surface area contributed by atoms with Crippen molar-refractivity contribution in [3.05, 3.63) is 97.6 Å². The van der Waals surface area contributed by atoms with Gasteiger partial charge in [-0.25, -0.2) is 15.0 Å². The highest BCUT2D eigenvalue weighted by Gasteiger charge is 2.10. The average Bonchev–Trinajstić information content (AvgIpc) is 2.85. The Kier molecular flexibility index (Phi) is 4.72. The molecule has 0 bridgehead atoms. The van der Waals surface area contributed by atoms with Crippen LogP contribution in [0.15, 0.2) is 97.6 Å². The van der Waals surface area contributed by atoms with Crippen LogP contribution in [0.5, 0.6) is 0 Å². The van der Waals surface area contributed by atoms with Gasteiger partial charge in [-0.1, -0.05) is 24.3 Å². The minimum absolute atomic E-state index is 0.676. The SMILES string of the molecule is c1ccc(-c2cccc(-c3cncc(-c4cccc(-c5ccccn5)n4)n3)n2)nc1. The van der Waals surface area contributed by atoms with E-state index >= 15 is 0 Å². The molecule has 0 spiro atoms. The fraction of sp³-hybridized carbons (Fsp3) is 0. The molecule has 0 saturated heterocycles. The smallest absolute Gasteiger partial charge is 0.108 e. The lowest BCUT2D eigenvalue weighted by Gasteiger charge is -2.07. The molecule has 6 heteroatoms. The first-order valence-corrected chi connectivity index (χ1v) is 9.46. The first-order valence-electron chi connectivity index (χ1n) is 9.46. The Morgan fingerprint density at radius 2 is 0.767 bits per heavy atom. The van der Waals surface area contributed by atoms with E-state index in [9.17, 15) is 0 Å². The van der Waals surface area contributed by atoms with Gasteiger partial charge in [-0.15, -0.1) is 0 Å². The molecule has 0 radical (unpaired) electrons. The molecule has 0 saturated carbocycles. The second-order valence-corrected chi connectivity index (χ2v) is 6.54. The van der Waals surface area contributed by atoms with Gasteiger partial charge in [0.1, 0.15) is 11.4 Å². The summed E-state index contributed by atoms with van der Waals surface area (Å²) >= 11 is 0. The Labute approximate surface area is 173 Å². The second kappa shape index (κ2) is 7.97. The van der Waals surface area contributed by atoms with Gasteiger partial charge >= 0.3 is 0 Å². The molecular weight excluding hydrogens is 372 g/mol. The van der Waals surface area contributed by atoms with Crippen LogP contribution in [-0.2, 0) is 0 Å². The fourth-order valence-corrected chi connectivity index (χ4v) is 3.08. The van der Waals surface area contributed by atoms with Crippen molar-refractivity contribution in [1.29, 1.82) is 0 Å². The van der Waals surface area contributed by atoms with Crippen LogP contribution in [-0.4, -0.2) is 29.9 Å². The number of hydrogen-bond acceptors (Lipinski definition) is 6. The first-order chi connectivity index (χ1) is 14.9. The third kappa shape index (κ3) is 3.66. The van der Waals surface area contributed by atoms with Crippen molar-refractivity contribution in [2.45, 2.75) is 0 Å². The molecule has 0 amide bonds. The summed E-state index contributed by atoms with van der Waals surface area (Å²) in [5.74, 6) is 0. The van der Waals surface area contributed by atoms with Crippen molar-refractivity contribution in [3.63, 3.8) is 0 Å². The monoisotopic (exact) mass is 388 g/mol. The average molecular weight is 388 g/mol. The summed E-state index contributed by atoms with van der Waals surface area (Å²) in [7, 11) is 0. The molecule has 0 aromatic carbocycles. The zero-order chi connectivity index (χ0) is 20.2. The summed E-state index contributed by atoms with van der Waals surface area (Å²) < 4.78 is 0. The maximum atomic E-state index is 4.75. The van der Waals surface area contributed by atoms with Gasteiger partial charge in [-0.3, -0.25) is 15.0 Å². The first kappa shape index (κ1) is 17.8. The standard InChI is InChI=1S/C24H16N6/c1-3-13-26-17(7-1)19-9-5-11-21(28-19)23-15-25-16-24(30-23)22-12-6-10-20(29-22)18-8-2-4-14-27-18/h1-16H. The molecule has 0 aliphatic heterocycles. The van der Waals surface area contributed by atoms with E-state index in [1.807, 2.05) is 72.8 Å². The highest BCUT2D eigenvalue weighted by Crippen LogP contribution is 2.23. The summed E-state index contributed by atoms with van der Waals surface area (Å²) in [4.78, 5) is 27.3. The van der Waals surface area contributed by atoms with Crippen LogP contribution in [0.3, 0.4) is 0 Å². The Bertz CT molecular complexity index is 1190. The van der Waals surface area contributed by atoms with Crippen LogP contribution < -0.4 is 0 Å². The van der Waals surface area contributed by atoms with Crippen LogP contribution in [0.25, 0.3) is 45.6 Å². The van der Waals surface area contributed by atoms with E-state index in [1.165, 1.54) is 0 Å². The predicted octanol–water partition coefficient (Wildman–Crippen LogP) is 4.72. The Morgan fingerprint density at radius 3 is 1.20 bits per heavy atom. The highest BCUT2D eigenvalue weighted by atomic mass is 14.9. The Hall–Kier alpha value is -4.32.